The third-order valence-electron chi connectivity index (χ3n) is 24.4. The van der Waals surface area contributed by atoms with Crippen molar-refractivity contribution in [1.82, 2.24) is 25.8 Å². The lowest BCUT2D eigenvalue weighted by Gasteiger charge is -2.34. The molecule has 1 aliphatic carbocycles. The number of piperidine rings is 6. The molecule has 0 amide bonds. The van der Waals surface area contributed by atoms with E-state index in [2.05, 4.69) is 91.7 Å². The molecule has 10 N–H and O–H groups in total. The highest BCUT2D eigenvalue weighted by Crippen LogP contribution is 2.49. The number of nitroso groups, excluding NO2 is 2. The molecule has 6 heterocycles. The minimum absolute atomic E-state index is 0. The molecule has 0 saturated carbocycles. The second kappa shape index (κ2) is 46.9. The molecular formula is C88H128N12O30P4S6. The van der Waals surface area contributed by atoms with Crippen molar-refractivity contribution in [2.45, 2.75) is 144 Å². The fourth-order valence-corrected chi connectivity index (χ4v) is 28.4. The van der Waals surface area contributed by atoms with Crippen LogP contribution >= 0.6 is 31.3 Å². The van der Waals surface area contributed by atoms with E-state index in [0.29, 0.717) is 146 Å². The van der Waals surface area contributed by atoms with Crippen LogP contribution in [0.5, 0.6) is 0 Å². The summed E-state index contributed by atoms with van der Waals surface area (Å²) in [6, 6.07) is 31.9. The van der Waals surface area contributed by atoms with Gasteiger partial charge in [-0.1, -0.05) is 192 Å². The summed E-state index contributed by atoms with van der Waals surface area (Å²) >= 11 is 0. The number of benzene rings is 8. The van der Waals surface area contributed by atoms with Crippen LogP contribution in [0.3, 0.4) is 0 Å². The average molecular weight is 2150 g/mol. The summed E-state index contributed by atoms with van der Waals surface area (Å²) in [5.41, 5.74) is 5.50. The van der Waals surface area contributed by atoms with Crippen molar-refractivity contribution in [2.75, 3.05) is 108 Å². The number of nitrogens with one attached hydrogen (secondary N) is 2. The van der Waals surface area contributed by atoms with Crippen molar-refractivity contribution in [1.29, 1.82) is 0 Å². The van der Waals surface area contributed by atoms with Crippen LogP contribution < -0.4 is 11.0 Å². The highest BCUT2D eigenvalue weighted by atomic mass is 32.2. The molecule has 6 fully saturated rings. The summed E-state index contributed by atoms with van der Waals surface area (Å²) in [6.45, 7) is 31.1. The molecule has 8 aromatic rings. The fourth-order valence-electron chi connectivity index (χ4n) is 19.4. The second-order valence-corrected chi connectivity index (χ2v) is 54.5. The summed E-state index contributed by atoms with van der Waals surface area (Å²) in [6.07, 6.45) is 10.1. The molecule has 7 aliphatic rings. The molecule has 140 heavy (non-hydrogen) atoms. The smallest absolute Gasteiger partial charge is 0.301 e. The highest BCUT2D eigenvalue weighted by Gasteiger charge is 2.40. The Morgan fingerprint density at radius 1 is 0.293 bits per heavy atom. The average Bonchev–Trinajstić information content (AvgIpc) is 0.747. The summed E-state index contributed by atoms with van der Waals surface area (Å²) in [5, 5.41) is 16.3. The van der Waals surface area contributed by atoms with Crippen LogP contribution in [-0.4, -0.2) is 224 Å². The Hall–Kier alpha value is -7.48. The lowest BCUT2D eigenvalue weighted by Crippen LogP contribution is -2.42. The Morgan fingerprint density at radius 3 is 0.814 bits per heavy atom. The van der Waals surface area contributed by atoms with E-state index >= 15 is 0 Å². The third kappa shape index (κ3) is 30.8. The predicted molar refractivity (Wildman–Crippen MR) is 538 cm³/mol. The molecule has 776 valence electrons. The number of nitrogens with zero attached hydrogens (tertiary/aromatic N) is 10. The van der Waals surface area contributed by atoms with Gasteiger partial charge < -0.3 is 19.6 Å². The predicted octanol–water partition coefficient (Wildman–Crippen LogP) is 14.8. The first-order chi connectivity index (χ1) is 64.3. The molecule has 0 bridgehead atoms. The first-order valence-corrected chi connectivity index (χ1v) is 60.7. The Balaban J connectivity index is 0.000000199. The van der Waals surface area contributed by atoms with Crippen LogP contribution in [0.2, 0.25) is 0 Å². The lowest BCUT2D eigenvalue weighted by atomic mass is 9.83. The van der Waals surface area contributed by atoms with Gasteiger partial charge in [-0.15, -0.1) is 9.81 Å². The van der Waals surface area contributed by atoms with Gasteiger partial charge in [0.1, 0.15) is 22.8 Å². The van der Waals surface area contributed by atoms with Gasteiger partial charge in [-0.25, -0.2) is 81.7 Å². The third-order valence-corrected chi connectivity index (χ3v) is 34.8. The van der Waals surface area contributed by atoms with Crippen molar-refractivity contribution in [3.05, 3.63) is 159 Å². The molecule has 0 spiro atoms. The number of rotatable bonds is 21. The molecule has 8 aromatic carbocycles. The van der Waals surface area contributed by atoms with E-state index in [9.17, 15) is 108 Å². The number of anilines is 2. The van der Waals surface area contributed by atoms with Crippen LogP contribution in [0.1, 0.15) is 151 Å². The van der Waals surface area contributed by atoms with Crippen LogP contribution in [-0.2, 0) is 96.9 Å². The van der Waals surface area contributed by atoms with Gasteiger partial charge in [0, 0.05) is 144 Å². The summed E-state index contributed by atoms with van der Waals surface area (Å²) < 4.78 is 220. The monoisotopic (exact) mass is 2150 g/mol. The number of phosphoric acid groups is 4. The second-order valence-electron chi connectivity index (χ2n) is 38.2. The van der Waals surface area contributed by atoms with Gasteiger partial charge in [-0.3, -0.25) is 39.8 Å². The summed E-state index contributed by atoms with van der Waals surface area (Å²) in [5.74, 6) is 4.20. The minimum atomic E-state index is -5.06. The summed E-state index contributed by atoms with van der Waals surface area (Å²) in [4.78, 5) is 96.9. The molecule has 6 saturated heterocycles. The maximum Gasteiger partial charge on any atom is 0.545 e. The molecule has 12 atom stereocenters. The summed E-state index contributed by atoms with van der Waals surface area (Å²) in [7, 11) is -40.4. The lowest BCUT2D eigenvalue weighted by molar-refractivity contribution is 0.203. The van der Waals surface area contributed by atoms with Gasteiger partial charge in [0.2, 0.25) is 60.1 Å². The standard InChI is InChI=1S/C21H25N3O10P2S.2C21H24N3O7PS.3C8H17NO2S.CH4/c1-13-9-14(2)12-24(11-13)37(31,32)15-7-8-18-19(10-15)21(23-34-36(28,29)30)17-6-4-3-5-16(17)20(18)22-33-35(25,26)27;1-13-9-14(2)12-24(11-13)33(29,30)15-7-8-18-19(10-15)20(22-25)16-5-3-4-6-17(16)21(18)23-31-32(26,27)28;1-13-9-14(2)12-24(11-13)33(29,30)15-7-8-18-19(10-15)21(23-31-32(26,27)28)17-6-4-3-5-16(17)20(18)22-25;3*1-7-4-8(2)6-9(5-7)12(3,10)11;/h3-8,10,13-14H,9,11-12H2,1-2H3,(H2,25,26,27)(H2,28,29,30);2*3-8,10,13-14,23H,9,11-12H2,1-2H3,(H2,26,27,28);3*7-8H,4-6H2,1-3H3;1H4/b22-20-,23-21+;;;;;;. The Morgan fingerprint density at radius 2 is 0.521 bits per heavy atom. The maximum absolute atomic E-state index is 13.5. The fraction of sp³-hybridized carbons (Fsp3) is 0.523. The zero-order valence-corrected chi connectivity index (χ0v) is 88.0. The van der Waals surface area contributed by atoms with E-state index < -0.39 is 91.4 Å². The van der Waals surface area contributed by atoms with Crippen LogP contribution in [0.25, 0.3) is 43.1 Å². The Bertz CT molecular complexity index is 6690. The van der Waals surface area contributed by atoms with Gasteiger partial charge in [0.15, 0.2) is 0 Å². The molecule has 12 unspecified atom stereocenters. The van der Waals surface area contributed by atoms with E-state index in [1.165, 1.54) is 98.4 Å². The molecule has 42 nitrogen and oxygen atoms in total. The van der Waals surface area contributed by atoms with E-state index in [4.69, 9.17) is 9.79 Å². The minimum Gasteiger partial charge on any atom is -0.301 e. The van der Waals surface area contributed by atoms with Crippen LogP contribution in [0.4, 0.5) is 22.7 Å². The van der Waals surface area contributed by atoms with E-state index in [0.717, 1.165) is 38.5 Å². The van der Waals surface area contributed by atoms with Gasteiger partial charge >= 0.3 is 31.3 Å². The number of hydrogen-bond acceptors (Lipinski definition) is 28. The normalized spacial score (nSPS) is 24.2. The largest absolute Gasteiger partial charge is 0.545 e. The molecule has 0 aromatic heterocycles. The number of fused-ring (bicyclic) bond motifs is 6. The molecule has 15 rings (SSSR count). The zero-order valence-electron chi connectivity index (χ0n) is 79.6. The Kier molecular flexibility index (Phi) is 38.9. The number of oxime groups is 2. The number of sulfonamides is 6. The van der Waals surface area contributed by atoms with Crippen LogP contribution in [0, 0.1) is 80.8 Å². The van der Waals surface area contributed by atoms with Crippen molar-refractivity contribution in [3.8, 4) is 0 Å². The van der Waals surface area contributed by atoms with Crippen molar-refractivity contribution >= 4 is 169 Å². The molecule has 0 radical (unpaired) electrons. The van der Waals surface area contributed by atoms with Gasteiger partial charge in [-0.2, -0.15) is 22.2 Å². The topological polar surface area (TPSA) is 599 Å². The van der Waals surface area contributed by atoms with E-state index in [-0.39, 0.29) is 125 Å². The van der Waals surface area contributed by atoms with Gasteiger partial charge in [-0.05, 0) is 156 Å². The molecule has 6 aliphatic heterocycles. The Labute approximate surface area is 818 Å². The molecular weight excluding hydrogens is 2020 g/mol. The van der Waals surface area contributed by atoms with Crippen LogP contribution in [0.15, 0.2) is 163 Å². The van der Waals surface area contributed by atoms with Gasteiger partial charge in [0.25, 0.3) is 0 Å². The number of hydrogen-bond donors (Lipinski definition) is 10. The first-order valence-electron chi connectivity index (χ1n) is 44.7. The van der Waals surface area contributed by atoms with E-state index in [1.807, 2.05) is 41.5 Å². The quantitative estimate of drug-likeness (QED) is 0.0138. The SMILES string of the molecule is C.CC1CC(C)CN(S(=O)(=O)c2ccc3c(N=O)c4ccccc4c(NOP(=O)(O)O)c3c2)C1.CC1CC(C)CN(S(=O)(=O)c2ccc3c(NOP(=O)(O)O)c4ccccc4c(N=O)c3c2)C1.CC1CC(C)CN(S(=O)(=O)c2ccc3c(c2)/C(=N/OP(=O)(O)O)c2ccccc2/C3=N/OP(=O)(O)O)C1.CC1CC(C)CN(S(C)(=O)=O)C1.CC1CC(C)CN(S(C)(=O)=O)C1.CC1CC(C)CN(S(C)(=O)=O)C1. The van der Waals surface area contributed by atoms with Crippen molar-refractivity contribution in [3.63, 3.8) is 0 Å². The molecule has 52 heteroatoms. The zero-order chi connectivity index (χ0) is 103. The van der Waals surface area contributed by atoms with Crippen molar-refractivity contribution < 1.29 is 126 Å². The first kappa shape index (κ1) is 116. The van der Waals surface area contributed by atoms with E-state index in [1.54, 1.807) is 73.6 Å². The maximum atomic E-state index is 13.5. The van der Waals surface area contributed by atoms with Crippen molar-refractivity contribution in [2.24, 2.45) is 91.7 Å². The highest BCUT2D eigenvalue weighted by molar-refractivity contribution is 7.90. The van der Waals surface area contributed by atoms with Gasteiger partial charge in [0.05, 0.1) is 44.8 Å².